The molecule has 6 rings (SSSR count). The quantitative estimate of drug-likeness (QED) is 0.596. The molecule has 4 aliphatic rings. The Morgan fingerprint density at radius 1 is 0.974 bits per heavy atom. The van der Waals surface area contributed by atoms with Crippen LogP contribution in [0.25, 0.3) is 0 Å². The summed E-state index contributed by atoms with van der Waals surface area (Å²) in [6, 6.07) is 11.3. The van der Waals surface area contributed by atoms with Crippen molar-refractivity contribution < 1.29 is 32.2 Å². The van der Waals surface area contributed by atoms with E-state index in [1.165, 1.54) is 21.8 Å². The average Bonchev–Trinajstić information content (AvgIpc) is 3.34. The molecule has 0 radical (unpaired) electrons. The summed E-state index contributed by atoms with van der Waals surface area (Å²) >= 11 is 0. The van der Waals surface area contributed by atoms with Gasteiger partial charge in [-0.3, -0.25) is 9.59 Å². The number of carbonyl (C=O) groups is 2. The van der Waals surface area contributed by atoms with Crippen LogP contribution in [0.3, 0.4) is 0 Å². The zero-order chi connectivity index (χ0) is 26.7. The molecular formula is C26H32N4O7S. The van der Waals surface area contributed by atoms with E-state index in [0.29, 0.717) is 31.1 Å². The van der Waals surface area contributed by atoms with Gasteiger partial charge in [0.2, 0.25) is 0 Å². The van der Waals surface area contributed by atoms with Crippen LogP contribution >= 0.6 is 0 Å². The zero-order valence-electron chi connectivity index (χ0n) is 21.2. The minimum atomic E-state index is -3.69. The number of benzene rings is 2. The van der Waals surface area contributed by atoms with Crippen LogP contribution in [-0.2, 0) is 21.5 Å². The van der Waals surface area contributed by atoms with Crippen molar-refractivity contribution in [2.45, 2.75) is 38.0 Å². The van der Waals surface area contributed by atoms with Crippen molar-refractivity contribution >= 4 is 22.0 Å². The van der Waals surface area contributed by atoms with Crippen LogP contribution in [-0.4, -0.2) is 80.9 Å². The van der Waals surface area contributed by atoms with Crippen LogP contribution in [0.4, 0.5) is 0 Å². The lowest BCUT2D eigenvalue weighted by Gasteiger charge is -2.30. The van der Waals surface area contributed by atoms with Gasteiger partial charge in [-0.2, -0.15) is 17.0 Å². The number of hydrogen-bond donors (Lipinski definition) is 2. The third kappa shape index (κ3) is 5.71. The minimum absolute atomic E-state index is 0.0885. The molecule has 2 fully saturated rings. The largest absolute Gasteiger partial charge is 0.493 e. The van der Waals surface area contributed by atoms with Crippen molar-refractivity contribution in [1.82, 2.24) is 19.2 Å². The van der Waals surface area contributed by atoms with Gasteiger partial charge in [0.15, 0.2) is 18.1 Å². The number of rotatable bonds is 3. The normalized spacial score (nSPS) is 23.4. The van der Waals surface area contributed by atoms with Gasteiger partial charge in [0.1, 0.15) is 11.9 Å². The van der Waals surface area contributed by atoms with E-state index in [1.807, 2.05) is 12.1 Å². The van der Waals surface area contributed by atoms with Crippen molar-refractivity contribution in [2.75, 3.05) is 39.9 Å². The molecule has 0 aromatic heterocycles. The van der Waals surface area contributed by atoms with E-state index in [9.17, 15) is 18.0 Å². The van der Waals surface area contributed by atoms with Crippen LogP contribution < -0.4 is 24.8 Å². The van der Waals surface area contributed by atoms with E-state index >= 15 is 0 Å². The van der Waals surface area contributed by atoms with Gasteiger partial charge in [-0.1, -0.05) is 18.6 Å². The molecule has 38 heavy (non-hydrogen) atoms. The molecule has 2 atom stereocenters. The number of amides is 2. The van der Waals surface area contributed by atoms with E-state index in [1.54, 1.807) is 24.3 Å². The molecular weight excluding hydrogens is 512 g/mol. The van der Waals surface area contributed by atoms with Gasteiger partial charge in [-0.25, -0.2) is 0 Å². The Labute approximate surface area is 222 Å². The number of nitrogens with zero attached hydrogens (tertiary/aromatic N) is 2. The van der Waals surface area contributed by atoms with Crippen LogP contribution in [0.5, 0.6) is 17.2 Å². The highest BCUT2D eigenvalue weighted by Crippen LogP contribution is 2.29. The highest BCUT2D eigenvalue weighted by Gasteiger charge is 2.43. The summed E-state index contributed by atoms with van der Waals surface area (Å²) in [5.41, 5.74) is 1.14. The fourth-order valence-corrected chi connectivity index (χ4v) is 6.61. The van der Waals surface area contributed by atoms with E-state index in [-0.39, 0.29) is 36.9 Å². The Morgan fingerprint density at radius 2 is 1.74 bits per heavy atom. The lowest BCUT2D eigenvalue weighted by Crippen LogP contribution is -2.46. The third-order valence-corrected chi connectivity index (χ3v) is 8.97. The smallest absolute Gasteiger partial charge is 0.282 e. The third-order valence-electron chi connectivity index (χ3n) is 7.00. The zero-order valence-corrected chi connectivity index (χ0v) is 22.0. The molecule has 204 valence electrons. The molecule has 0 aliphatic carbocycles. The molecule has 0 unspecified atom stereocenters. The number of methoxy groups -OCH3 is 1. The number of fused-ring (bicyclic) bond motifs is 7. The Hall–Kier alpha value is -3.35. The Balaban J connectivity index is 1.44. The highest BCUT2D eigenvalue weighted by molar-refractivity contribution is 7.86. The molecule has 4 heterocycles. The predicted molar refractivity (Wildman–Crippen MR) is 138 cm³/mol. The number of carbonyl (C=O) groups excluding carboxylic acids is 2. The monoisotopic (exact) mass is 544 g/mol. The van der Waals surface area contributed by atoms with Gasteiger partial charge in [0.05, 0.1) is 19.7 Å². The summed E-state index contributed by atoms with van der Waals surface area (Å²) in [6.07, 6.45) is 2.08. The molecule has 2 amide bonds. The lowest BCUT2D eigenvalue weighted by molar-refractivity contribution is -0.123. The van der Waals surface area contributed by atoms with Crippen molar-refractivity contribution in [3.63, 3.8) is 0 Å². The van der Waals surface area contributed by atoms with Crippen molar-refractivity contribution in [3.8, 4) is 17.2 Å². The number of nitrogens with one attached hydrogen (secondary N) is 2. The first kappa shape index (κ1) is 26.3. The Morgan fingerprint density at radius 3 is 2.47 bits per heavy atom. The molecule has 0 saturated carbocycles. The van der Waals surface area contributed by atoms with E-state index in [2.05, 4.69) is 10.6 Å². The van der Waals surface area contributed by atoms with E-state index in [4.69, 9.17) is 14.2 Å². The molecule has 0 spiro atoms. The maximum absolute atomic E-state index is 13.4. The minimum Gasteiger partial charge on any atom is -0.493 e. The molecule has 2 aromatic rings. The predicted octanol–water partition coefficient (Wildman–Crippen LogP) is 1.30. The van der Waals surface area contributed by atoms with E-state index in [0.717, 1.165) is 24.8 Å². The molecule has 2 N–H and O–H groups in total. The summed E-state index contributed by atoms with van der Waals surface area (Å²) < 4.78 is 46.9. The molecule has 4 bridgehead atoms. The first-order chi connectivity index (χ1) is 18.3. The van der Waals surface area contributed by atoms with Crippen molar-refractivity contribution in [1.29, 1.82) is 0 Å². The first-order valence-electron chi connectivity index (χ1n) is 12.7. The van der Waals surface area contributed by atoms with Crippen LogP contribution in [0.15, 0.2) is 42.5 Å². The van der Waals surface area contributed by atoms with Gasteiger partial charge in [-0.05, 0) is 48.7 Å². The Kier molecular flexibility index (Phi) is 7.73. The average molecular weight is 545 g/mol. The maximum atomic E-state index is 13.4. The fourth-order valence-electron chi connectivity index (χ4n) is 4.88. The number of piperidine rings is 1. The lowest BCUT2D eigenvalue weighted by atomic mass is 10.1. The Bertz CT molecular complexity index is 1280. The van der Waals surface area contributed by atoms with Gasteiger partial charge in [0.25, 0.3) is 22.0 Å². The van der Waals surface area contributed by atoms with Gasteiger partial charge in [0, 0.05) is 31.7 Å². The molecule has 2 saturated heterocycles. The first-order valence-corrected chi connectivity index (χ1v) is 14.1. The van der Waals surface area contributed by atoms with Gasteiger partial charge < -0.3 is 24.8 Å². The number of hydrogen-bond acceptors (Lipinski definition) is 7. The molecule has 2 aromatic carbocycles. The van der Waals surface area contributed by atoms with Gasteiger partial charge in [-0.15, -0.1) is 0 Å². The summed E-state index contributed by atoms with van der Waals surface area (Å²) in [5, 5.41) is 5.76. The second-order valence-corrected chi connectivity index (χ2v) is 11.5. The molecule has 4 aliphatic heterocycles. The fraction of sp³-hybridized carbons (Fsp3) is 0.462. The molecule has 11 nitrogen and oxygen atoms in total. The second-order valence-electron chi connectivity index (χ2n) is 9.60. The van der Waals surface area contributed by atoms with Crippen molar-refractivity contribution in [3.05, 3.63) is 53.6 Å². The summed E-state index contributed by atoms with van der Waals surface area (Å²) in [4.78, 5) is 25.6. The second kappa shape index (κ2) is 11.2. The summed E-state index contributed by atoms with van der Waals surface area (Å²) in [6.45, 7) is 1.23. The highest BCUT2D eigenvalue weighted by atomic mass is 32.2. The SMILES string of the molecule is COc1ccc2cc1OCC(=O)NCc1ccc(cc1)O[C@H]1CN(S(=O)(=O)N3CCCCC3)C[C@@H]1NC2=O. The van der Waals surface area contributed by atoms with E-state index < -0.39 is 28.3 Å². The topological polar surface area (TPSA) is 127 Å². The summed E-state index contributed by atoms with van der Waals surface area (Å²) in [7, 11) is -2.22. The van der Waals surface area contributed by atoms with Crippen molar-refractivity contribution in [2.24, 2.45) is 0 Å². The maximum Gasteiger partial charge on any atom is 0.282 e. The van der Waals surface area contributed by atoms with Crippen LogP contribution in [0.2, 0.25) is 0 Å². The van der Waals surface area contributed by atoms with Crippen LogP contribution in [0, 0.1) is 0 Å². The molecule has 12 heteroatoms. The summed E-state index contributed by atoms with van der Waals surface area (Å²) in [5.74, 6) is 0.426. The van der Waals surface area contributed by atoms with Crippen LogP contribution in [0.1, 0.15) is 35.2 Å². The standard InChI is InChI=1S/C26H32N4O7S/c1-35-22-10-7-19-13-23(22)36-17-25(31)27-14-18-5-8-20(9-6-18)37-24-16-30(15-21(24)28-26(19)32)38(33,34)29-11-3-2-4-12-29/h5-10,13,21,24H,2-4,11-12,14-17H2,1H3,(H,27,31)(H,28,32)/t21-,24-/m0/s1. The van der Waals surface area contributed by atoms with Gasteiger partial charge >= 0.3 is 0 Å². The number of ether oxygens (including phenoxy) is 3.